The minimum absolute atomic E-state index is 0.0954. The molecule has 7 nitrogen and oxygen atoms in total. The molecule has 2 aliphatic rings. The summed E-state index contributed by atoms with van der Waals surface area (Å²) < 4.78 is 39.8. The number of hydrogen-bond acceptors (Lipinski definition) is 5. The molecule has 170 valence electrons. The van der Waals surface area contributed by atoms with Gasteiger partial charge >= 0.3 is 0 Å². The number of rotatable bonds is 5. The average molecular weight is 465 g/mol. The fourth-order valence-corrected chi connectivity index (χ4v) is 5.73. The standard InChI is InChI=1S/C25H24N2O5S/c28-25(26-16-20-17-31-23-12-3-4-13-24(23)32-20)19-8-5-10-21(15-19)33(29,30)27-14-6-9-18-7-1-2-11-22(18)27/h1-5,7-8,10-13,15,20H,6,9,14,16-17H2,(H,26,28)/t20-/m0/s1. The van der Waals surface area contributed by atoms with Gasteiger partial charge in [0.1, 0.15) is 12.7 Å². The Morgan fingerprint density at radius 1 is 1.00 bits per heavy atom. The molecule has 0 unspecified atom stereocenters. The fraction of sp³-hybridized carbons (Fsp3) is 0.240. The minimum atomic E-state index is -3.79. The lowest BCUT2D eigenvalue weighted by molar-refractivity contribution is 0.0789. The number of para-hydroxylation sites is 3. The number of carbonyl (C=O) groups excluding carboxylic acids is 1. The summed E-state index contributed by atoms with van der Waals surface area (Å²) in [7, 11) is -3.79. The molecule has 3 aromatic carbocycles. The second-order valence-electron chi connectivity index (χ2n) is 8.04. The molecule has 2 heterocycles. The van der Waals surface area contributed by atoms with E-state index in [1.54, 1.807) is 12.1 Å². The molecule has 0 radical (unpaired) electrons. The third-order valence-corrected chi connectivity index (χ3v) is 7.62. The van der Waals surface area contributed by atoms with Gasteiger partial charge in [0.15, 0.2) is 11.5 Å². The van der Waals surface area contributed by atoms with Crippen molar-refractivity contribution in [1.82, 2.24) is 5.32 Å². The van der Waals surface area contributed by atoms with Gasteiger partial charge in [0, 0.05) is 12.1 Å². The molecule has 33 heavy (non-hydrogen) atoms. The maximum absolute atomic E-state index is 13.4. The monoisotopic (exact) mass is 464 g/mol. The van der Waals surface area contributed by atoms with E-state index in [-0.39, 0.29) is 29.0 Å². The van der Waals surface area contributed by atoms with Crippen molar-refractivity contribution in [2.24, 2.45) is 0 Å². The molecule has 1 N–H and O–H groups in total. The van der Waals surface area contributed by atoms with Crippen molar-refractivity contribution >= 4 is 21.6 Å². The normalized spacial score (nSPS) is 17.2. The number of hydrogen-bond donors (Lipinski definition) is 1. The summed E-state index contributed by atoms with van der Waals surface area (Å²) in [6.45, 7) is 0.972. The number of nitrogens with zero attached hydrogens (tertiary/aromatic N) is 1. The van der Waals surface area contributed by atoms with E-state index in [0.29, 0.717) is 30.3 Å². The highest BCUT2D eigenvalue weighted by Gasteiger charge is 2.29. The highest BCUT2D eigenvalue weighted by molar-refractivity contribution is 7.92. The van der Waals surface area contributed by atoms with Gasteiger partial charge in [0.05, 0.1) is 17.1 Å². The number of aryl methyl sites for hydroxylation is 1. The predicted molar refractivity (Wildman–Crippen MR) is 124 cm³/mol. The summed E-state index contributed by atoms with van der Waals surface area (Å²) in [5.41, 5.74) is 1.99. The summed E-state index contributed by atoms with van der Waals surface area (Å²) in [4.78, 5) is 12.9. The van der Waals surface area contributed by atoms with Crippen LogP contribution in [0.5, 0.6) is 11.5 Å². The van der Waals surface area contributed by atoms with Gasteiger partial charge in [0.2, 0.25) is 0 Å². The molecule has 0 aromatic heterocycles. The maximum atomic E-state index is 13.4. The molecule has 0 fully saturated rings. The molecule has 0 saturated carbocycles. The SMILES string of the molecule is O=C(NC[C@H]1COc2ccccc2O1)c1cccc(S(=O)(=O)N2CCCc3ccccc32)c1. The Morgan fingerprint density at radius 2 is 1.79 bits per heavy atom. The van der Waals surface area contributed by atoms with E-state index in [1.807, 2.05) is 48.5 Å². The Kier molecular flexibility index (Phi) is 5.68. The van der Waals surface area contributed by atoms with Crippen LogP contribution in [0.3, 0.4) is 0 Å². The second-order valence-corrected chi connectivity index (χ2v) is 9.91. The van der Waals surface area contributed by atoms with Crippen LogP contribution < -0.4 is 19.1 Å². The average Bonchev–Trinajstić information content (AvgIpc) is 2.86. The predicted octanol–water partition coefficient (Wildman–Crippen LogP) is 3.40. The smallest absolute Gasteiger partial charge is 0.264 e. The molecule has 5 rings (SSSR count). The number of nitrogens with one attached hydrogen (secondary N) is 1. The van der Waals surface area contributed by atoms with E-state index in [9.17, 15) is 13.2 Å². The summed E-state index contributed by atoms with van der Waals surface area (Å²) in [6, 6.07) is 21.1. The second kappa shape index (κ2) is 8.78. The molecule has 0 aliphatic carbocycles. The van der Waals surface area contributed by atoms with E-state index in [2.05, 4.69) is 5.32 Å². The van der Waals surface area contributed by atoms with Crippen LogP contribution in [-0.4, -0.2) is 40.1 Å². The third kappa shape index (κ3) is 4.26. The van der Waals surface area contributed by atoms with Crippen molar-refractivity contribution < 1.29 is 22.7 Å². The van der Waals surface area contributed by atoms with Gasteiger partial charge in [-0.2, -0.15) is 0 Å². The summed E-state index contributed by atoms with van der Waals surface area (Å²) in [5, 5.41) is 2.82. The fourth-order valence-electron chi connectivity index (χ4n) is 4.15. The number of fused-ring (bicyclic) bond motifs is 2. The van der Waals surface area contributed by atoms with Gasteiger partial charge in [-0.1, -0.05) is 36.4 Å². The van der Waals surface area contributed by atoms with E-state index >= 15 is 0 Å². The highest BCUT2D eigenvalue weighted by atomic mass is 32.2. The van der Waals surface area contributed by atoms with Crippen LogP contribution in [0.25, 0.3) is 0 Å². The van der Waals surface area contributed by atoms with Gasteiger partial charge in [-0.3, -0.25) is 9.10 Å². The van der Waals surface area contributed by atoms with Crippen molar-refractivity contribution in [1.29, 1.82) is 0 Å². The Morgan fingerprint density at radius 3 is 2.67 bits per heavy atom. The Labute approximate surface area is 193 Å². The number of anilines is 1. The van der Waals surface area contributed by atoms with Crippen molar-refractivity contribution in [3.8, 4) is 11.5 Å². The molecule has 1 atom stereocenters. The van der Waals surface area contributed by atoms with Crippen LogP contribution in [0, 0.1) is 0 Å². The molecular formula is C25H24N2O5S. The van der Waals surface area contributed by atoms with E-state index in [0.717, 1.165) is 18.4 Å². The largest absolute Gasteiger partial charge is 0.486 e. The lowest BCUT2D eigenvalue weighted by Gasteiger charge is -2.30. The molecule has 1 amide bonds. The lowest BCUT2D eigenvalue weighted by Crippen LogP contribution is -2.40. The van der Waals surface area contributed by atoms with E-state index in [4.69, 9.17) is 9.47 Å². The number of carbonyl (C=O) groups is 1. The molecule has 0 bridgehead atoms. The van der Waals surface area contributed by atoms with E-state index < -0.39 is 10.0 Å². The van der Waals surface area contributed by atoms with Gasteiger partial charge in [0.25, 0.3) is 15.9 Å². The Hall–Kier alpha value is -3.52. The summed E-state index contributed by atoms with van der Waals surface area (Å²) in [5.74, 6) is 0.948. The topological polar surface area (TPSA) is 84.9 Å². The maximum Gasteiger partial charge on any atom is 0.264 e. The van der Waals surface area contributed by atoms with Gasteiger partial charge in [-0.15, -0.1) is 0 Å². The quantitative estimate of drug-likeness (QED) is 0.626. The zero-order valence-electron chi connectivity index (χ0n) is 17.9. The number of ether oxygens (including phenoxy) is 2. The first-order valence-corrected chi connectivity index (χ1v) is 12.3. The van der Waals surface area contributed by atoms with Gasteiger partial charge in [-0.25, -0.2) is 8.42 Å². The number of amides is 1. The van der Waals surface area contributed by atoms with Crippen LogP contribution in [0.2, 0.25) is 0 Å². The third-order valence-electron chi connectivity index (χ3n) is 5.81. The molecule has 8 heteroatoms. The summed E-state index contributed by atoms with van der Waals surface area (Å²) in [6.07, 6.45) is 1.27. The Bertz CT molecular complexity index is 1290. The van der Waals surface area contributed by atoms with E-state index in [1.165, 1.54) is 16.4 Å². The molecule has 2 aliphatic heterocycles. The minimum Gasteiger partial charge on any atom is -0.486 e. The van der Waals surface area contributed by atoms with Crippen LogP contribution in [0.15, 0.2) is 77.7 Å². The Balaban J connectivity index is 1.30. The first kappa shape index (κ1) is 21.3. The molecule has 3 aromatic rings. The van der Waals surface area contributed by atoms with Gasteiger partial charge < -0.3 is 14.8 Å². The number of sulfonamides is 1. The van der Waals surface area contributed by atoms with Crippen LogP contribution in [0.1, 0.15) is 22.3 Å². The zero-order valence-corrected chi connectivity index (χ0v) is 18.8. The van der Waals surface area contributed by atoms with Crippen LogP contribution in [-0.2, 0) is 16.4 Å². The van der Waals surface area contributed by atoms with Crippen molar-refractivity contribution in [2.45, 2.75) is 23.8 Å². The molecular weight excluding hydrogens is 440 g/mol. The summed E-state index contributed by atoms with van der Waals surface area (Å²) >= 11 is 0. The first-order valence-electron chi connectivity index (χ1n) is 10.9. The number of benzene rings is 3. The van der Waals surface area contributed by atoms with Crippen LogP contribution >= 0.6 is 0 Å². The molecule has 0 spiro atoms. The van der Waals surface area contributed by atoms with Crippen molar-refractivity contribution in [3.63, 3.8) is 0 Å². The van der Waals surface area contributed by atoms with Crippen LogP contribution in [0.4, 0.5) is 5.69 Å². The van der Waals surface area contributed by atoms with Crippen molar-refractivity contribution in [3.05, 3.63) is 83.9 Å². The van der Waals surface area contributed by atoms with Gasteiger partial charge in [-0.05, 0) is 54.8 Å². The molecule has 0 saturated heterocycles. The zero-order chi connectivity index (χ0) is 22.8. The van der Waals surface area contributed by atoms with Crippen molar-refractivity contribution in [2.75, 3.05) is 24.0 Å². The first-order chi connectivity index (χ1) is 16.0. The highest BCUT2D eigenvalue weighted by Crippen LogP contribution is 2.32. The lowest BCUT2D eigenvalue weighted by atomic mass is 10.0.